The first kappa shape index (κ1) is 18.3. The van der Waals surface area contributed by atoms with Crippen molar-refractivity contribution in [3.8, 4) is 5.75 Å². The van der Waals surface area contributed by atoms with Crippen LogP contribution in [0.2, 0.25) is 0 Å². The molecule has 2 aromatic rings. The molecule has 1 aromatic carbocycles. The second kappa shape index (κ2) is 7.17. The van der Waals surface area contributed by atoms with Gasteiger partial charge in [0.25, 0.3) is 0 Å². The molecule has 1 aromatic heterocycles. The van der Waals surface area contributed by atoms with Crippen molar-refractivity contribution in [3.63, 3.8) is 0 Å². The van der Waals surface area contributed by atoms with Gasteiger partial charge >= 0.3 is 0 Å². The molecule has 0 saturated carbocycles. The number of benzene rings is 1. The average molecular weight is 371 g/mol. The Labute approximate surface area is 160 Å². The van der Waals surface area contributed by atoms with Crippen molar-refractivity contribution in [1.82, 2.24) is 15.1 Å². The summed E-state index contributed by atoms with van der Waals surface area (Å²) in [5, 5.41) is 4.19. The zero-order chi connectivity index (χ0) is 19.0. The third kappa shape index (κ3) is 3.56. The van der Waals surface area contributed by atoms with Gasteiger partial charge in [-0.3, -0.25) is 14.6 Å². The van der Waals surface area contributed by atoms with Gasteiger partial charge < -0.3 is 14.5 Å². The maximum atomic E-state index is 11.4. The molecule has 2 fully saturated rings. The van der Waals surface area contributed by atoms with Gasteiger partial charge in [-0.15, -0.1) is 0 Å². The van der Waals surface area contributed by atoms with Crippen molar-refractivity contribution < 1.29 is 13.9 Å². The molecule has 146 valence electrons. The van der Waals surface area contributed by atoms with Crippen LogP contribution in [-0.2, 0) is 11.3 Å². The molecule has 2 aliphatic heterocycles. The number of carbonyl (C=O) groups excluding carboxylic acids is 1. The van der Waals surface area contributed by atoms with E-state index in [2.05, 4.69) is 34.3 Å². The Morgan fingerprint density at radius 3 is 2.85 bits per heavy atom. The number of rotatable bonds is 4. The van der Waals surface area contributed by atoms with Crippen LogP contribution < -0.4 is 10.1 Å². The number of amides is 1. The van der Waals surface area contributed by atoms with Crippen molar-refractivity contribution in [2.75, 3.05) is 33.8 Å². The van der Waals surface area contributed by atoms with Gasteiger partial charge in [-0.05, 0) is 38.4 Å². The SMILES string of the molecule is COc1cccc2cc(CN3CCC4(CC3)C[C@@H](NC(C)=O)CN4C)oc12. The van der Waals surface area contributed by atoms with Gasteiger partial charge in [-0.2, -0.15) is 0 Å². The van der Waals surface area contributed by atoms with Gasteiger partial charge in [0.15, 0.2) is 11.3 Å². The molecular formula is C21H29N3O3. The van der Waals surface area contributed by atoms with Gasteiger partial charge in [0.1, 0.15) is 5.76 Å². The fourth-order valence-electron chi connectivity index (χ4n) is 4.85. The number of nitrogens with one attached hydrogen (secondary N) is 1. The number of hydrogen-bond donors (Lipinski definition) is 1. The normalized spacial score (nSPS) is 23.1. The minimum atomic E-state index is 0.0724. The first-order valence-corrected chi connectivity index (χ1v) is 9.75. The highest BCUT2D eigenvalue weighted by Crippen LogP contribution is 2.38. The standard InChI is InChI=1S/C21H29N3O3/c1-15(25)22-17-12-21(23(2)13-17)7-9-24(10-8-21)14-18-11-16-5-4-6-19(26-3)20(16)27-18/h4-6,11,17H,7-10,12-14H2,1-3H3,(H,22,25)/t17-/m1/s1. The van der Waals surface area contributed by atoms with E-state index >= 15 is 0 Å². The van der Waals surface area contributed by atoms with Crippen molar-refractivity contribution in [1.29, 1.82) is 0 Å². The number of piperidine rings is 1. The Morgan fingerprint density at radius 2 is 2.15 bits per heavy atom. The van der Waals surface area contributed by atoms with Gasteiger partial charge in [0.2, 0.25) is 5.91 Å². The maximum Gasteiger partial charge on any atom is 0.217 e. The number of hydrogen-bond acceptors (Lipinski definition) is 5. The predicted octanol–water partition coefficient (Wildman–Crippen LogP) is 2.62. The van der Waals surface area contributed by atoms with E-state index in [0.29, 0.717) is 0 Å². The van der Waals surface area contributed by atoms with E-state index < -0.39 is 0 Å². The number of methoxy groups -OCH3 is 1. The lowest BCUT2D eigenvalue weighted by Gasteiger charge is -2.43. The molecule has 0 radical (unpaired) electrons. The summed E-state index contributed by atoms with van der Waals surface area (Å²) in [6.45, 7) is 5.47. The summed E-state index contributed by atoms with van der Waals surface area (Å²) in [6.07, 6.45) is 3.31. The largest absolute Gasteiger partial charge is 0.493 e. The first-order chi connectivity index (χ1) is 13.0. The smallest absolute Gasteiger partial charge is 0.217 e. The van der Waals surface area contributed by atoms with Gasteiger partial charge in [0, 0.05) is 43.5 Å². The third-order valence-electron chi connectivity index (χ3n) is 6.28. The van der Waals surface area contributed by atoms with E-state index in [-0.39, 0.29) is 17.5 Å². The van der Waals surface area contributed by atoms with E-state index in [1.807, 2.05) is 12.1 Å². The fourth-order valence-corrected chi connectivity index (χ4v) is 4.85. The Hall–Kier alpha value is -2.05. The van der Waals surface area contributed by atoms with Crippen LogP contribution in [0.4, 0.5) is 0 Å². The molecule has 1 amide bonds. The van der Waals surface area contributed by atoms with Gasteiger partial charge in [-0.25, -0.2) is 0 Å². The number of nitrogens with zero attached hydrogens (tertiary/aromatic N) is 2. The molecule has 1 N–H and O–H groups in total. The lowest BCUT2D eigenvalue weighted by Crippen LogP contribution is -2.50. The minimum absolute atomic E-state index is 0.0724. The summed E-state index contributed by atoms with van der Waals surface area (Å²) in [5.41, 5.74) is 1.05. The third-order valence-corrected chi connectivity index (χ3v) is 6.28. The van der Waals surface area contributed by atoms with Crippen LogP contribution in [0, 0.1) is 0 Å². The number of carbonyl (C=O) groups is 1. The molecular weight excluding hydrogens is 342 g/mol. The zero-order valence-corrected chi connectivity index (χ0v) is 16.5. The summed E-state index contributed by atoms with van der Waals surface area (Å²) in [5.74, 6) is 1.84. The molecule has 1 spiro atoms. The Balaban J connectivity index is 1.39. The Bertz CT molecular complexity index is 823. The van der Waals surface area contributed by atoms with E-state index in [4.69, 9.17) is 9.15 Å². The second-order valence-corrected chi connectivity index (χ2v) is 8.07. The topological polar surface area (TPSA) is 58.0 Å². The van der Waals surface area contributed by atoms with Crippen molar-refractivity contribution >= 4 is 16.9 Å². The fraction of sp³-hybridized carbons (Fsp3) is 0.571. The van der Waals surface area contributed by atoms with Crippen LogP contribution in [0.25, 0.3) is 11.0 Å². The second-order valence-electron chi connectivity index (χ2n) is 8.07. The Kier molecular flexibility index (Phi) is 4.86. The Morgan fingerprint density at radius 1 is 1.37 bits per heavy atom. The molecule has 6 heteroatoms. The maximum absolute atomic E-state index is 11.4. The highest BCUT2D eigenvalue weighted by molar-refractivity contribution is 5.83. The number of ether oxygens (including phenoxy) is 1. The van der Waals surface area contributed by atoms with E-state index in [1.54, 1.807) is 14.0 Å². The van der Waals surface area contributed by atoms with Crippen LogP contribution in [0.3, 0.4) is 0 Å². The molecule has 0 bridgehead atoms. The lowest BCUT2D eigenvalue weighted by molar-refractivity contribution is -0.119. The molecule has 3 heterocycles. The monoisotopic (exact) mass is 371 g/mol. The van der Waals surface area contributed by atoms with Gasteiger partial charge in [0.05, 0.1) is 13.7 Å². The summed E-state index contributed by atoms with van der Waals surface area (Å²) >= 11 is 0. The number of furan rings is 1. The molecule has 2 saturated heterocycles. The first-order valence-electron chi connectivity index (χ1n) is 9.75. The van der Waals surface area contributed by atoms with Gasteiger partial charge in [-0.1, -0.05) is 12.1 Å². The quantitative estimate of drug-likeness (QED) is 0.895. The van der Waals surface area contributed by atoms with Crippen LogP contribution in [0.15, 0.2) is 28.7 Å². The number of fused-ring (bicyclic) bond motifs is 1. The van der Waals surface area contributed by atoms with Crippen LogP contribution >= 0.6 is 0 Å². The van der Waals surface area contributed by atoms with Crippen LogP contribution in [0.5, 0.6) is 5.75 Å². The summed E-state index contributed by atoms with van der Waals surface area (Å²) in [4.78, 5) is 16.3. The van der Waals surface area contributed by atoms with E-state index in [9.17, 15) is 4.79 Å². The molecule has 4 rings (SSSR count). The molecule has 0 unspecified atom stereocenters. The average Bonchev–Trinajstić information content (AvgIpc) is 3.17. The molecule has 1 atom stereocenters. The number of para-hydroxylation sites is 1. The van der Waals surface area contributed by atoms with E-state index in [1.165, 1.54) is 0 Å². The minimum Gasteiger partial charge on any atom is -0.493 e. The van der Waals surface area contributed by atoms with Crippen molar-refractivity contribution in [2.45, 2.75) is 44.3 Å². The summed E-state index contributed by atoms with van der Waals surface area (Å²) in [7, 11) is 3.87. The van der Waals surface area contributed by atoms with Crippen molar-refractivity contribution in [3.05, 3.63) is 30.0 Å². The van der Waals surface area contributed by atoms with Crippen molar-refractivity contribution in [2.24, 2.45) is 0 Å². The summed E-state index contributed by atoms with van der Waals surface area (Å²) < 4.78 is 11.5. The molecule has 2 aliphatic rings. The molecule has 27 heavy (non-hydrogen) atoms. The zero-order valence-electron chi connectivity index (χ0n) is 16.5. The summed E-state index contributed by atoms with van der Waals surface area (Å²) in [6, 6.07) is 8.39. The molecule has 0 aliphatic carbocycles. The molecule has 6 nitrogen and oxygen atoms in total. The highest BCUT2D eigenvalue weighted by atomic mass is 16.5. The van der Waals surface area contributed by atoms with Crippen LogP contribution in [0.1, 0.15) is 31.9 Å². The van der Waals surface area contributed by atoms with E-state index in [0.717, 1.165) is 67.9 Å². The lowest BCUT2D eigenvalue weighted by atomic mass is 9.84. The number of likely N-dealkylation sites (tertiary alicyclic amines) is 2. The number of likely N-dealkylation sites (N-methyl/N-ethyl adjacent to an activating group) is 1. The highest BCUT2D eigenvalue weighted by Gasteiger charge is 2.45. The predicted molar refractivity (Wildman–Crippen MR) is 105 cm³/mol. The van der Waals surface area contributed by atoms with Crippen LogP contribution in [-0.4, -0.2) is 61.1 Å².